The molecule has 0 fully saturated rings. The van der Waals surface area contributed by atoms with E-state index in [1.165, 1.54) is 5.06 Å². The monoisotopic (exact) mass is 374 g/mol. The lowest BCUT2D eigenvalue weighted by molar-refractivity contribution is -0.193. The maximum absolute atomic E-state index is 13.2. The van der Waals surface area contributed by atoms with Crippen LogP contribution in [0.15, 0.2) is 53.7 Å². The second kappa shape index (κ2) is 7.47. The molecule has 3 rings (SSSR count). The Labute approximate surface area is 155 Å². The molecule has 26 heavy (non-hydrogen) atoms. The fraction of sp³-hybridized carbons (Fsp3) is 0.450. The highest BCUT2D eigenvalue weighted by atomic mass is 32.2. The first-order valence-corrected chi connectivity index (χ1v) is 10.8. The molecule has 1 aromatic carbocycles. The van der Waals surface area contributed by atoms with Gasteiger partial charge in [-0.2, -0.15) is 5.06 Å². The average molecular weight is 375 g/mol. The summed E-state index contributed by atoms with van der Waals surface area (Å²) in [7, 11) is -3.52. The van der Waals surface area contributed by atoms with Gasteiger partial charge in [-0.15, -0.1) is 0 Å². The summed E-state index contributed by atoms with van der Waals surface area (Å²) in [6.45, 7) is 4.02. The number of hydrogen-bond donors (Lipinski definition) is 1. The topological polar surface area (TPSA) is 70.5 Å². The Morgan fingerprint density at radius 3 is 2.65 bits per heavy atom. The van der Waals surface area contributed by atoms with Crippen molar-refractivity contribution in [1.82, 2.24) is 10.0 Å². The molecule has 1 N–H and O–H groups in total. The quantitative estimate of drug-likeness (QED) is 0.857. The van der Waals surface area contributed by atoms with Gasteiger partial charge in [0, 0.05) is 12.4 Å². The first kappa shape index (κ1) is 19.0. The van der Waals surface area contributed by atoms with E-state index in [4.69, 9.17) is 0 Å². The molecule has 0 amide bonds. The molecule has 0 saturated carbocycles. The van der Waals surface area contributed by atoms with E-state index in [0.29, 0.717) is 23.3 Å². The van der Waals surface area contributed by atoms with E-state index in [1.807, 2.05) is 25.1 Å². The normalized spacial score (nSPS) is 25.4. The van der Waals surface area contributed by atoms with Crippen molar-refractivity contribution in [1.29, 1.82) is 0 Å². The number of aromatic nitrogens is 1. The van der Waals surface area contributed by atoms with Crippen LogP contribution in [0.5, 0.6) is 0 Å². The summed E-state index contributed by atoms with van der Waals surface area (Å²) in [5, 5.41) is 12.7. The van der Waals surface area contributed by atoms with Crippen molar-refractivity contribution in [3.8, 4) is 0 Å². The lowest BCUT2D eigenvalue weighted by Crippen LogP contribution is -2.51. The molecule has 0 spiro atoms. The number of hydroxylamine groups is 2. The fourth-order valence-corrected chi connectivity index (χ4v) is 6.05. The second-order valence-corrected chi connectivity index (χ2v) is 8.97. The molecule has 140 valence electrons. The second-order valence-electron chi connectivity index (χ2n) is 7.01. The van der Waals surface area contributed by atoms with Crippen LogP contribution in [-0.2, 0) is 9.84 Å². The number of hydrogen-bond acceptors (Lipinski definition) is 5. The molecule has 2 aromatic rings. The lowest BCUT2D eigenvalue weighted by Gasteiger charge is -2.41. The van der Waals surface area contributed by atoms with Crippen LogP contribution in [0.4, 0.5) is 0 Å². The third kappa shape index (κ3) is 3.29. The van der Waals surface area contributed by atoms with E-state index in [9.17, 15) is 13.6 Å². The van der Waals surface area contributed by atoms with Gasteiger partial charge in [0.15, 0.2) is 9.84 Å². The Kier molecular flexibility index (Phi) is 5.46. The number of benzene rings is 1. The first-order chi connectivity index (χ1) is 12.4. The van der Waals surface area contributed by atoms with E-state index in [-0.39, 0.29) is 5.75 Å². The number of fused-ring (bicyclic) bond motifs is 1. The molecule has 2 atom stereocenters. The zero-order chi connectivity index (χ0) is 18.8. The molecule has 2 heterocycles. The van der Waals surface area contributed by atoms with Crippen molar-refractivity contribution < 1.29 is 13.6 Å². The summed E-state index contributed by atoms with van der Waals surface area (Å²) >= 11 is 0. The van der Waals surface area contributed by atoms with Gasteiger partial charge in [-0.05, 0) is 36.1 Å². The summed E-state index contributed by atoms with van der Waals surface area (Å²) < 4.78 is 26.4. The predicted molar refractivity (Wildman–Crippen MR) is 101 cm³/mol. The highest BCUT2D eigenvalue weighted by Gasteiger charge is 2.47. The minimum Gasteiger partial charge on any atom is -0.312 e. The van der Waals surface area contributed by atoms with Gasteiger partial charge in [-0.25, -0.2) is 8.42 Å². The fourth-order valence-electron chi connectivity index (χ4n) is 3.88. The highest BCUT2D eigenvalue weighted by molar-refractivity contribution is 7.91. The smallest absolute Gasteiger partial charge is 0.180 e. The molecule has 0 radical (unpaired) electrons. The van der Waals surface area contributed by atoms with Crippen molar-refractivity contribution in [3.05, 3.63) is 59.9 Å². The molecular weight excluding hydrogens is 348 g/mol. The lowest BCUT2D eigenvalue weighted by atomic mass is 9.87. The Hall–Kier alpha value is -1.76. The average Bonchev–Trinajstić information content (AvgIpc) is 2.73. The highest BCUT2D eigenvalue weighted by Crippen LogP contribution is 2.43. The van der Waals surface area contributed by atoms with E-state index in [2.05, 4.69) is 11.9 Å². The number of pyridine rings is 1. The van der Waals surface area contributed by atoms with Crippen molar-refractivity contribution in [2.75, 3.05) is 5.75 Å². The number of nitrogens with zero attached hydrogens (tertiary/aromatic N) is 2. The van der Waals surface area contributed by atoms with E-state index in [0.717, 1.165) is 18.4 Å². The van der Waals surface area contributed by atoms with Crippen molar-refractivity contribution in [2.24, 2.45) is 0 Å². The van der Waals surface area contributed by atoms with E-state index in [1.54, 1.807) is 30.6 Å². The van der Waals surface area contributed by atoms with Crippen molar-refractivity contribution in [3.63, 3.8) is 0 Å². The molecule has 1 aromatic heterocycles. The minimum absolute atomic E-state index is 0.0826. The van der Waals surface area contributed by atoms with Gasteiger partial charge < -0.3 is 5.21 Å². The van der Waals surface area contributed by atoms with Crippen LogP contribution in [0.1, 0.15) is 56.7 Å². The van der Waals surface area contributed by atoms with Gasteiger partial charge >= 0.3 is 0 Å². The standard InChI is InChI=1S/C20H26N2O3S/c1-3-5-12-20(4-2)15-26(24,25)18-11-7-6-10-17(18)19(22(20)23)16-9-8-13-21-14-16/h6-11,13-14,19,23H,3-5,12,15H2,1-2H3/t19-,20+/m1/s1. The number of sulfone groups is 1. The summed E-state index contributed by atoms with van der Waals surface area (Å²) in [6, 6.07) is 10.1. The number of unbranched alkanes of at least 4 members (excludes halogenated alkanes) is 1. The predicted octanol–water partition coefficient (Wildman–Crippen LogP) is 3.99. The molecule has 0 bridgehead atoms. The van der Waals surface area contributed by atoms with Crippen LogP contribution in [0.25, 0.3) is 0 Å². The van der Waals surface area contributed by atoms with Crippen molar-refractivity contribution >= 4 is 9.84 Å². The SMILES string of the molecule is CCCC[C@@]1(CC)CS(=O)(=O)c2ccccc2[C@@H](c2cccnc2)N1O. The van der Waals surface area contributed by atoms with Gasteiger partial charge in [-0.3, -0.25) is 4.98 Å². The Bertz CT molecular complexity index is 854. The summed E-state index contributed by atoms with van der Waals surface area (Å²) in [4.78, 5) is 4.49. The van der Waals surface area contributed by atoms with Crippen LogP contribution in [0, 0.1) is 0 Å². The summed E-state index contributed by atoms with van der Waals surface area (Å²) in [5.74, 6) is -0.0826. The Morgan fingerprint density at radius 2 is 2.00 bits per heavy atom. The molecule has 1 aliphatic heterocycles. The summed E-state index contributed by atoms with van der Waals surface area (Å²) in [6.07, 6.45) is 6.35. The molecule has 0 unspecified atom stereocenters. The van der Waals surface area contributed by atoms with Crippen LogP contribution in [-0.4, -0.2) is 35.0 Å². The van der Waals surface area contributed by atoms with Crippen molar-refractivity contribution in [2.45, 2.75) is 56.0 Å². The maximum atomic E-state index is 13.2. The minimum atomic E-state index is -3.52. The molecule has 0 saturated heterocycles. The zero-order valence-corrected chi connectivity index (χ0v) is 16.1. The Balaban J connectivity index is 2.25. The van der Waals surface area contributed by atoms with Gasteiger partial charge in [-0.1, -0.05) is 51.0 Å². The van der Waals surface area contributed by atoms with Gasteiger partial charge in [0.2, 0.25) is 0 Å². The van der Waals surface area contributed by atoms with Gasteiger partial charge in [0.05, 0.1) is 22.2 Å². The van der Waals surface area contributed by atoms with Gasteiger partial charge in [0.25, 0.3) is 0 Å². The van der Waals surface area contributed by atoms with E-state index < -0.39 is 21.4 Å². The molecule has 5 nitrogen and oxygen atoms in total. The van der Waals surface area contributed by atoms with Crippen LogP contribution in [0.2, 0.25) is 0 Å². The molecule has 1 aliphatic rings. The molecule has 0 aliphatic carbocycles. The third-order valence-corrected chi connectivity index (χ3v) is 7.35. The molecular formula is C20H26N2O3S. The number of rotatable bonds is 5. The van der Waals surface area contributed by atoms with Crippen LogP contribution in [0.3, 0.4) is 0 Å². The van der Waals surface area contributed by atoms with Crippen LogP contribution < -0.4 is 0 Å². The summed E-state index contributed by atoms with van der Waals surface area (Å²) in [5.41, 5.74) is 0.567. The first-order valence-electron chi connectivity index (χ1n) is 9.15. The third-order valence-electron chi connectivity index (χ3n) is 5.39. The van der Waals surface area contributed by atoms with E-state index >= 15 is 0 Å². The van der Waals surface area contributed by atoms with Crippen LogP contribution >= 0.6 is 0 Å². The van der Waals surface area contributed by atoms with Gasteiger partial charge in [0.1, 0.15) is 0 Å². The largest absolute Gasteiger partial charge is 0.312 e. The maximum Gasteiger partial charge on any atom is 0.180 e. The zero-order valence-electron chi connectivity index (χ0n) is 15.3. The molecule has 6 heteroatoms. The Morgan fingerprint density at radius 1 is 1.23 bits per heavy atom.